The van der Waals surface area contributed by atoms with Crippen LogP contribution >= 0.6 is 34.8 Å². The molecule has 0 N–H and O–H groups in total. The van der Waals surface area contributed by atoms with Gasteiger partial charge in [0.05, 0.1) is 31.8 Å². The van der Waals surface area contributed by atoms with Crippen LogP contribution in [-0.2, 0) is 23.8 Å². The molecule has 5 nitrogen and oxygen atoms in total. The molecule has 0 radical (unpaired) electrons. The van der Waals surface area contributed by atoms with Crippen LogP contribution < -0.4 is 0 Å². The van der Waals surface area contributed by atoms with Crippen molar-refractivity contribution in [2.24, 2.45) is 28.6 Å². The van der Waals surface area contributed by atoms with E-state index in [1.165, 1.54) is 0 Å². The SMILES string of the molecule is CCOCCOCCOC12C(=O)C(Cl)=C(Cl)C(=O)C13C1C4C(Cl)C2CC413. The highest BCUT2D eigenvalue weighted by atomic mass is 35.5. The molecule has 7 unspecified atom stereocenters. The average Bonchev–Trinajstić information content (AvgIpc) is 3.42. The minimum atomic E-state index is -1.27. The van der Waals surface area contributed by atoms with Crippen LogP contribution in [0, 0.1) is 28.6 Å². The summed E-state index contributed by atoms with van der Waals surface area (Å²) in [6, 6.07) is 0. The Kier molecular flexibility index (Phi) is 3.76. The average molecular weight is 422 g/mol. The maximum Gasteiger partial charge on any atom is 0.209 e. The van der Waals surface area contributed by atoms with Gasteiger partial charge in [0, 0.05) is 17.9 Å². The van der Waals surface area contributed by atoms with E-state index in [0.717, 1.165) is 6.42 Å². The van der Waals surface area contributed by atoms with Crippen LogP contribution in [0.1, 0.15) is 13.3 Å². The molecule has 26 heavy (non-hydrogen) atoms. The summed E-state index contributed by atoms with van der Waals surface area (Å²) in [4.78, 5) is 26.2. The van der Waals surface area contributed by atoms with Gasteiger partial charge < -0.3 is 14.2 Å². The lowest BCUT2D eigenvalue weighted by Crippen LogP contribution is -2.67. The van der Waals surface area contributed by atoms with Gasteiger partial charge >= 0.3 is 0 Å². The highest BCUT2D eigenvalue weighted by Gasteiger charge is 3.12. The number of hydrogen-bond donors (Lipinski definition) is 0. The van der Waals surface area contributed by atoms with Gasteiger partial charge in [-0.3, -0.25) is 9.59 Å². The minimum Gasteiger partial charge on any atom is -0.379 e. The third-order valence-electron chi connectivity index (χ3n) is 7.33. The predicted molar refractivity (Wildman–Crippen MR) is 94.3 cm³/mol. The Balaban J connectivity index is 1.39. The first-order chi connectivity index (χ1) is 12.4. The van der Waals surface area contributed by atoms with E-state index in [9.17, 15) is 9.59 Å². The summed E-state index contributed by atoms with van der Waals surface area (Å²) in [5.74, 6) is -0.384. The van der Waals surface area contributed by atoms with E-state index >= 15 is 0 Å². The van der Waals surface area contributed by atoms with E-state index in [1.54, 1.807) is 0 Å². The molecule has 0 saturated heterocycles. The van der Waals surface area contributed by atoms with Gasteiger partial charge in [-0.25, -0.2) is 0 Å². The first-order valence-electron chi connectivity index (χ1n) is 9.03. The fourth-order valence-electron chi connectivity index (χ4n) is 6.67. The van der Waals surface area contributed by atoms with Crippen LogP contribution in [-0.4, -0.2) is 55.6 Å². The number of Topliss-reactive ketones (excluding diaryl/α,β-unsaturated/α-hetero) is 2. The summed E-state index contributed by atoms with van der Waals surface area (Å²) in [7, 11) is 0. The molecule has 0 aromatic carbocycles. The van der Waals surface area contributed by atoms with E-state index in [4.69, 9.17) is 49.0 Å². The zero-order valence-corrected chi connectivity index (χ0v) is 16.5. The van der Waals surface area contributed by atoms with E-state index < -0.39 is 11.0 Å². The molecule has 4 fully saturated rings. The monoisotopic (exact) mass is 420 g/mol. The second-order valence-corrected chi connectivity index (χ2v) is 9.05. The molecule has 2 bridgehead atoms. The Morgan fingerprint density at radius 3 is 2.38 bits per heavy atom. The summed E-state index contributed by atoms with van der Waals surface area (Å²) in [5.41, 5.74) is -2.29. The first-order valence-corrected chi connectivity index (χ1v) is 10.2. The van der Waals surface area contributed by atoms with Crippen molar-refractivity contribution in [3.05, 3.63) is 10.1 Å². The zero-order valence-electron chi connectivity index (χ0n) is 14.2. The Labute approximate surface area is 166 Å². The number of halogens is 3. The Morgan fingerprint density at radius 2 is 1.69 bits per heavy atom. The molecule has 5 rings (SSSR count). The summed E-state index contributed by atoms with van der Waals surface area (Å²) < 4.78 is 16.9. The zero-order chi connectivity index (χ0) is 18.5. The molecule has 0 aromatic heterocycles. The third kappa shape index (κ3) is 1.57. The van der Waals surface area contributed by atoms with Crippen LogP contribution in [0.25, 0.3) is 0 Å². The van der Waals surface area contributed by atoms with E-state index in [1.807, 2.05) is 6.92 Å². The van der Waals surface area contributed by atoms with Gasteiger partial charge in [0.15, 0.2) is 5.78 Å². The second-order valence-electron chi connectivity index (χ2n) is 7.79. The van der Waals surface area contributed by atoms with Crippen molar-refractivity contribution in [3.8, 4) is 0 Å². The number of hydrogen-bond acceptors (Lipinski definition) is 5. The molecule has 8 heteroatoms. The van der Waals surface area contributed by atoms with Crippen LogP contribution in [0.15, 0.2) is 10.1 Å². The highest BCUT2D eigenvalue weighted by molar-refractivity contribution is 6.58. The van der Waals surface area contributed by atoms with Crippen molar-refractivity contribution in [1.29, 1.82) is 0 Å². The topological polar surface area (TPSA) is 61.8 Å². The standard InChI is InChI=1S/C18H19Cl3O5/c1-2-24-3-4-25-5-6-26-18-8-7-16-9(10(8)19)13(16)17(16,18)14(22)11(20)12(21)15(18)23/h8-10,13H,2-7H2,1H3. The minimum absolute atomic E-state index is 0.108. The van der Waals surface area contributed by atoms with Crippen molar-refractivity contribution in [1.82, 2.24) is 0 Å². The fraction of sp³-hybridized carbons (Fsp3) is 0.778. The molecule has 5 aliphatic rings. The number of ether oxygens (including phenoxy) is 3. The second kappa shape index (κ2) is 5.46. The van der Waals surface area contributed by atoms with Crippen LogP contribution in [0.5, 0.6) is 0 Å². The number of allylic oxidation sites excluding steroid dienone is 1. The maximum absolute atomic E-state index is 13.2. The van der Waals surface area contributed by atoms with Crippen LogP contribution in [0.2, 0.25) is 0 Å². The number of ketones is 2. The molecule has 2 spiro atoms. The molecular weight excluding hydrogens is 403 g/mol. The molecule has 142 valence electrons. The highest BCUT2D eigenvalue weighted by Crippen LogP contribution is 3.06. The van der Waals surface area contributed by atoms with Crippen molar-refractivity contribution in [2.75, 3.05) is 33.0 Å². The number of carbonyl (C=O) groups excluding carboxylic acids is 2. The summed E-state index contributed by atoms with van der Waals surface area (Å²) >= 11 is 18.9. The molecule has 0 amide bonds. The van der Waals surface area contributed by atoms with Crippen molar-refractivity contribution in [2.45, 2.75) is 24.3 Å². The predicted octanol–water partition coefficient (Wildman–Crippen LogP) is 2.51. The quantitative estimate of drug-likeness (QED) is 0.445. The summed E-state index contributed by atoms with van der Waals surface area (Å²) in [5, 5.41) is -0.503. The van der Waals surface area contributed by atoms with Gasteiger partial charge in [-0.05, 0) is 30.6 Å². The Morgan fingerprint density at radius 1 is 1.04 bits per heavy atom. The van der Waals surface area contributed by atoms with E-state index in [-0.39, 0.29) is 50.9 Å². The molecule has 0 heterocycles. The molecule has 7 atom stereocenters. The largest absolute Gasteiger partial charge is 0.379 e. The molecular formula is C18H19Cl3O5. The summed E-state index contributed by atoms with van der Waals surface area (Å²) in [6.07, 6.45) is 0.744. The van der Waals surface area contributed by atoms with Gasteiger partial charge in [-0.15, -0.1) is 11.6 Å². The maximum atomic E-state index is 13.2. The van der Waals surface area contributed by atoms with E-state index in [0.29, 0.717) is 32.3 Å². The summed E-state index contributed by atoms with van der Waals surface area (Å²) in [6.45, 7) is 4.01. The lowest BCUT2D eigenvalue weighted by atomic mass is 9.58. The fourth-order valence-corrected chi connectivity index (χ4v) is 7.76. The van der Waals surface area contributed by atoms with Crippen LogP contribution in [0.4, 0.5) is 0 Å². The molecule has 0 aliphatic heterocycles. The number of alkyl halides is 1. The Hall–Kier alpha value is -0.170. The van der Waals surface area contributed by atoms with Crippen LogP contribution in [0.3, 0.4) is 0 Å². The van der Waals surface area contributed by atoms with Gasteiger partial charge in [-0.1, -0.05) is 23.2 Å². The van der Waals surface area contributed by atoms with Gasteiger partial charge in [0.25, 0.3) is 0 Å². The smallest absolute Gasteiger partial charge is 0.209 e. The Bertz CT molecular complexity index is 753. The normalized spacial score (nSPS) is 49.5. The van der Waals surface area contributed by atoms with Crippen molar-refractivity contribution < 1.29 is 23.8 Å². The lowest BCUT2D eigenvalue weighted by molar-refractivity contribution is -0.185. The molecule has 0 aromatic rings. The van der Waals surface area contributed by atoms with E-state index in [2.05, 4.69) is 0 Å². The number of rotatable bonds is 8. The van der Waals surface area contributed by atoms with Crippen molar-refractivity contribution in [3.63, 3.8) is 0 Å². The lowest BCUT2D eigenvalue weighted by Gasteiger charge is -2.51. The number of fused-ring (bicyclic) bond motifs is 3. The van der Waals surface area contributed by atoms with Crippen molar-refractivity contribution >= 4 is 46.4 Å². The number of carbonyl (C=O) groups is 2. The molecule has 5 aliphatic carbocycles. The van der Waals surface area contributed by atoms with Gasteiger partial charge in [0.1, 0.15) is 15.7 Å². The molecule has 4 saturated carbocycles. The third-order valence-corrected chi connectivity index (χ3v) is 8.72. The van der Waals surface area contributed by atoms with Gasteiger partial charge in [-0.2, -0.15) is 0 Å². The van der Waals surface area contributed by atoms with Gasteiger partial charge in [0.2, 0.25) is 5.78 Å². The first kappa shape index (κ1) is 17.9.